The summed E-state index contributed by atoms with van der Waals surface area (Å²) in [6.07, 6.45) is 0. The molecule has 0 radical (unpaired) electrons. The number of carbonyl (C=O) groups is 1. The summed E-state index contributed by atoms with van der Waals surface area (Å²) in [4.78, 5) is 12.2. The topological polar surface area (TPSA) is 47.6 Å². The third kappa shape index (κ3) is 4.77. The molecule has 1 fully saturated rings. The predicted octanol–water partition coefficient (Wildman–Crippen LogP) is 4.84. The molecule has 0 aliphatic carbocycles. The van der Waals surface area contributed by atoms with Gasteiger partial charge in [0.25, 0.3) is 5.91 Å². The Kier molecular flexibility index (Phi) is 6.39. The molecule has 2 aromatic carbocycles. The molecule has 1 aliphatic rings. The van der Waals surface area contributed by atoms with Gasteiger partial charge < -0.3 is 14.8 Å². The third-order valence-corrected chi connectivity index (χ3v) is 6.95. The van der Waals surface area contributed by atoms with E-state index in [-0.39, 0.29) is 12.5 Å². The first-order valence-electron chi connectivity index (χ1n) is 7.75. The highest BCUT2D eigenvalue weighted by atomic mass is 35.5. The molecule has 1 aliphatic heterocycles. The Bertz CT molecular complexity index is 751. The monoisotopic (exact) mass is 395 g/mol. The lowest BCUT2D eigenvalue weighted by atomic mass is 10.2. The Morgan fingerprint density at radius 3 is 2.68 bits per heavy atom. The van der Waals surface area contributed by atoms with Gasteiger partial charge in [-0.3, -0.25) is 4.79 Å². The Morgan fingerprint density at radius 1 is 1.20 bits per heavy atom. The first-order valence-corrected chi connectivity index (χ1v) is 10.2. The van der Waals surface area contributed by atoms with E-state index in [9.17, 15) is 4.79 Å². The van der Waals surface area contributed by atoms with E-state index in [0.29, 0.717) is 21.0 Å². The van der Waals surface area contributed by atoms with E-state index >= 15 is 0 Å². The minimum Gasteiger partial charge on any atom is -0.495 e. The van der Waals surface area contributed by atoms with Crippen LogP contribution >= 0.6 is 35.1 Å². The van der Waals surface area contributed by atoms with Crippen LogP contribution in [0.2, 0.25) is 5.02 Å². The molecule has 132 valence electrons. The summed E-state index contributed by atoms with van der Waals surface area (Å²) in [7, 11) is 1.55. The Balaban J connectivity index is 1.60. The smallest absolute Gasteiger partial charge is 0.262 e. The standard InChI is InChI=1S/C18H18ClNO3S2/c1-22-16-7-6-12(10-14(16)19)20-17(21)11-23-15-5-3-2-4-13(15)18-24-8-9-25-18/h2-7,10,18H,8-9,11H2,1H3,(H,20,21). The Morgan fingerprint density at radius 2 is 1.96 bits per heavy atom. The van der Waals surface area contributed by atoms with Crippen LogP contribution in [-0.4, -0.2) is 31.1 Å². The Labute approximate surface area is 160 Å². The molecule has 1 saturated heterocycles. The van der Waals surface area contributed by atoms with E-state index in [1.54, 1.807) is 25.3 Å². The van der Waals surface area contributed by atoms with E-state index < -0.39 is 0 Å². The Hall–Kier alpha value is -1.50. The first-order chi connectivity index (χ1) is 12.2. The number of para-hydroxylation sites is 1. The zero-order valence-electron chi connectivity index (χ0n) is 13.7. The SMILES string of the molecule is COc1ccc(NC(=O)COc2ccccc2C2SCCS2)cc1Cl. The van der Waals surface area contributed by atoms with Crippen LogP contribution in [0, 0.1) is 0 Å². The van der Waals surface area contributed by atoms with Gasteiger partial charge in [-0.2, -0.15) is 0 Å². The zero-order valence-corrected chi connectivity index (χ0v) is 16.0. The summed E-state index contributed by atoms with van der Waals surface area (Å²) in [5, 5.41) is 3.23. The fourth-order valence-corrected chi connectivity index (χ4v) is 5.60. The van der Waals surface area contributed by atoms with Gasteiger partial charge >= 0.3 is 0 Å². The number of nitrogens with one attached hydrogen (secondary N) is 1. The molecule has 0 unspecified atom stereocenters. The lowest BCUT2D eigenvalue weighted by molar-refractivity contribution is -0.118. The summed E-state index contributed by atoms with van der Waals surface area (Å²) in [5.74, 6) is 3.38. The van der Waals surface area contributed by atoms with E-state index in [2.05, 4.69) is 11.4 Å². The highest BCUT2D eigenvalue weighted by molar-refractivity contribution is 8.19. The van der Waals surface area contributed by atoms with Crippen LogP contribution < -0.4 is 14.8 Å². The van der Waals surface area contributed by atoms with E-state index in [1.165, 1.54) is 0 Å². The van der Waals surface area contributed by atoms with E-state index in [1.807, 2.05) is 41.7 Å². The number of rotatable bonds is 6. The number of ether oxygens (including phenoxy) is 2. The summed E-state index contributed by atoms with van der Waals surface area (Å²) in [6.45, 7) is -0.0529. The van der Waals surface area contributed by atoms with Gasteiger partial charge in [-0.1, -0.05) is 29.8 Å². The molecule has 0 bridgehead atoms. The molecule has 25 heavy (non-hydrogen) atoms. The molecule has 3 rings (SSSR count). The maximum Gasteiger partial charge on any atom is 0.262 e. The van der Waals surface area contributed by atoms with Crippen molar-refractivity contribution in [1.82, 2.24) is 0 Å². The fourth-order valence-electron chi connectivity index (χ4n) is 2.43. The lowest BCUT2D eigenvalue weighted by Crippen LogP contribution is -2.20. The molecule has 1 heterocycles. The van der Waals surface area contributed by atoms with Crippen LogP contribution in [0.25, 0.3) is 0 Å². The molecule has 0 spiro atoms. The second-order valence-electron chi connectivity index (χ2n) is 5.30. The zero-order chi connectivity index (χ0) is 17.6. The highest BCUT2D eigenvalue weighted by Gasteiger charge is 2.21. The number of carbonyl (C=O) groups excluding carboxylic acids is 1. The molecule has 0 atom stereocenters. The van der Waals surface area contributed by atoms with Crippen molar-refractivity contribution in [3.05, 3.63) is 53.1 Å². The van der Waals surface area contributed by atoms with Crippen molar-refractivity contribution in [1.29, 1.82) is 0 Å². The molecule has 4 nitrogen and oxygen atoms in total. The molecule has 0 aromatic heterocycles. The molecule has 2 aromatic rings. The van der Waals surface area contributed by atoms with Crippen molar-refractivity contribution >= 4 is 46.7 Å². The van der Waals surface area contributed by atoms with E-state index in [0.717, 1.165) is 22.8 Å². The van der Waals surface area contributed by atoms with Gasteiger partial charge in [0, 0.05) is 22.8 Å². The number of amides is 1. The maximum atomic E-state index is 12.2. The van der Waals surface area contributed by atoms with Crippen LogP contribution in [-0.2, 0) is 4.79 Å². The molecule has 1 amide bonds. The second kappa shape index (κ2) is 8.74. The first kappa shape index (κ1) is 18.3. The normalized spacial score (nSPS) is 14.3. The highest BCUT2D eigenvalue weighted by Crippen LogP contribution is 2.48. The second-order valence-corrected chi connectivity index (χ2v) is 8.43. The average Bonchev–Trinajstić information content (AvgIpc) is 3.15. The number of hydrogen-bond acceptors (Lipinski definition) is 5. The van der Waals surface area contributed by atoms with Gasteiger partial charge in [0.15, 0.2) is 6.61 Å². The van der Waals surface area contributed by atoms with Crippen LogP contribution in [0.4, 0.5) is 5.69 Å². The summed E-state index contributed by atoms with van der Waals surface area (Å²) in [5.41, 5.74) is 1.74. The van der Waals surface area contributed by atoms with Crippen LogP contribution in [0.3, 0.4) is 0 Å². The van der Waals surface area contributed by atoms with Crippen LogP contribution in [0.5, 0.6) is 11.5 Å². The van der Waals surface area contributed by atoms with Crippen molar-refractivity contribution < 1.29 is 14.3 Å². The van der Waals surface area contributed by atoms with E-state index in [4.69, 9.17) is 21.1 Å². The summed E-state index contributed by atoms with van der Waals surface area (Å²) in [6, 6.07) is 13.0. The number of anilines is 1. The van der Waals surface area contributed by atoms with Crippen molar-refractivity contribution in [2.24, 2.45) is 0 Å². The number of thioether (sulfide) groups is 2. The fraction of sp³-hybridized carbons (Fsp3) is 0.278. The number of methoxy groups -OCH3 is 1. The third-order valence-electron chi connectivity index (χ3n) is 3.59. The predicted molar refractivity (Wildman–Crippen MR) is 106 cm³/mol. The van der Waals surface area contributed by atoms with Gasteiger partial charge in [0.1, 0.15) is 11.5 Å². The number of benzene rings is 2. The van der Waals surface area contributed by atoms with Crippen LogP contribution in [0.15, 0.2) is 42.5 Å². The van der Waals surface area contributed by atoms with Crippen LogP contribution in [0.1, 0.15) is 10.1 Å². The summed E-state index contributed by atoms with van der Waals surface area (Å²) < 4.78 is 11.2. The van der Waals surface area contributed by atoms with Gasteiger partial charge in [0.05, 0.1) is 16.7 Å². The van der Waals surface area contributed by atoms with Crippen molar-refractivity contribution in [2.75, 3.05) is 30.5 Å². The molecule has 7 heteroatoms. The lowest BCUT2D eigenvalue weighted by Gasteiger charge is -2.15. The van der Waals surface area contributed by atoms with Gasteiger partial charge in [-0.25, -0.2) is 0 Å². The van der Waals surface area contributed by atoms with Gasteiger partial charge in [0.2, 0.25) is 0 Å². The van der Waals surface area contributed by atoms with Gasteiger partial charge in [-0.15, -0.1) is 23.5 Å². The summed E-state index contributed by atoms with van der Waals surface area (Å²) >= 11 is 9.88. The largest absolute Gasteiger partial charge is 0.495 e. The van der Waals surface area contributed by atoms with Crippen molar-refractivity contribution in [3.63, 3.8) is 0 Å². The molecule has 1 N–H and O–H groups in total. The molecular weight excluding hydrogens is 378 g/mol. The van der Waals surface area contributed by atoms with Crippen molar-refractivity contribution in [3.8, 4) is 11.5 Å². The molecule has 0 saturated carbocycles. The minimum absolute atomic E-state index is 0.0529. The molecular formula is C18H18ClNO3S2. The number of halogens is 1. The maximum absolute atomic E-state index is 12.2. The quantitative estimate of drug-likeness (QED) is 0.757. The van der Waals surface area contributed by atoms with Gasteiger partial charge in [-0.05, 0) is 24.3 Å². The van der Waals surface area contributed by atoms with Crippen molar-refractivity contribution in [2.45, 2.75) is 4.58 Å². The number of hydrogen-bond donors (Lipinski definition) is 1. The minimum atomic E-state index is -0.234. The average molecular weight is 396 g/mol.